The Morgan fingerprint density at radius 2 is 1.50 bits per heavy atom. The average Bonchev–Trinajstić information content (AvgIpc) is 3.26. The van der Waals surface area contributed by atoms with Gasteiger partial charge in [0.1, 0.15) is 11.4 Å². The van der Waals surface area contributed by atoms with Crippen LogP contribution in [0.2, 0.25) is 0 Å². The second-order valence-electron chi connectivity index (χ2n) is 6.48. The van der Waals surface area contributed by atoms with Crippen LogP contribution in [0.5, 0.6) is 5.75 Å². The van der Waals surface area contributed by atoms with E-state index in [1.54, 1.807) is 0 Å². The van der Waals surface area contributed by atoms with Gasteiger partial charge in [0.2, 0.25) is 0 Å². The lowest BCUT2D eigenvalue weighted by molar-refractivity contribution is -0.404. The molecule has 0 saturated carbocycles. The summed E-state index contributed by atoms with van der Waals surface area (Å²) in [6, 6.07) is 3.67. The molecule has 0 aliphatic heterocycles. The molecule has 192 valence electrons. The molecular weight excluding hydrogens is 492 g/mol. The summed E-state index contributed by atoms with van der Waals surface area (Å²) in [6.45, 7) is 0.224. The lowest BCUT2D eigenvalue weighted by atomic mass is 10.2. The van der Waals surface area contributed by atoms with Crippen molar-refractivity contribution in [3.05, 3.63) is 66.0 Å². The van der Waals surface area contributed by atoms with Gasteiger partial charge in [-0.15, -0.1) is 0 Å². The van der Waals surface area contributed by atoms with E-state index in [1.165, 1.54) is 12.1 Å². The number of aromatic nitrogens is 1. The highest BCUT2D eigenvalue weighted by atomic mass is 16.6. The molecule has 0 unspecified atom stereocenters. The number of rotatable bonds is 9. The number of non-ortho nitro benzene ring substituents is 1. The number of carbonyl (C=O) groups excluding carboxylic acids is 2. The number of nitro benzene ring substituents is 3. The zero-order valence-corrected chi connectivity index (χ0v) is 17.9. The van der Waals surface area contributed by atoms with Crippen LogP contribution in [0.25, 0.3) is 0 Å². The summed E-state index contributed by atoms with van der Waals surface area (Å²) in [5.41, 5.74) is 7.37. The molecule has 36 heavy (non-hydrogen) atoms. The molecular formula is C17H18N8O11. The fourth-order valence-electron chi connectivity index (χ4n) is 2.34. The summed E-state index contributed by atoms with van der Waals surface area (Å²) in [5.74, 6) is -3.64. The molecule has 1 heterocycles. The summed E-state index contributed by atoms with van der Waals surface area (Å²) < 4.78 is 0. The predicted octanol–water partition coefficient (Wildman–Crippen LogP) is 0.140. The number of benzene rings is 1. The van der Waals surface area contributed by atoms with E-state index in [-0.39, 0.29) is 30.3 Å². The van der Waals surface area contributed by atoms with Gasteiger partial charge in [-0.05, 0) is 18.6 Å². The minimum Gasteiger partial charge on any atom is -0.497 e. The van der Waals surface area contributed by atoms with E-state index in [9.17, 15) is 44.7 Å². The molecule has 2 amide bonds. The number of aliphatic imine (C=N–C) groups is 1. The number of carbonyl (C=O) groups is 3. The van der Waals surface area contributed by atoms with Crippen LogP contribution < -0.4 is 16.8 Å². The molecule has 0 radical (unpaired) electrons. The number of aromatic hydroxyl groups is 1. The number of guanidine groups is 1. The minimum atomic E-state index is -1.21. The van der Waals surface area contributed by atoms with E-state index in [4.69, 9.17) is 21.7 Å². The van der Waals surface area contributed by atoms with Crippen molar-refractivity contribution in [3.63, 3.8) is 0 Å². The van der Waals surface area contributed by atoms with Gasteiger partial charge in [0.15, 0.2) is 5.96 Å². The second kappa shape index (κ2) is 12.6. The standard InChI is InChI=1S/C11H15N5O4.C6H3N3O7/c12-11(13)16-10(20)7-4-3-6(15-7)9(19)14-5-1-2-8(17)18;10-6-4(8(13)14)1-3(7(11)12)2-5(6)9(15)16/h3-4,15H,1-2,5H2,(H,14,19)(H,17,18)(H4,12,13,16,20);1-2,10H. The van der Waals surface area contributed by atoms with Crippen LogP contribution in [0.4, 0.5) is 17.1 Å². The first-order valence-electron chi connectivity index (χ1n) is 9.37. The number of phenolic OH excluding ortho intramolecular Hbond substituents is 1. The number of hydrogen-bond acceptors (Lipinski definition) is 10. The van der Waals surface area contributed by atoms with Gasteiger partial charge in [-0.3, -0.25) is 44.7 Å². The van der Waals surface area contributed by atoms with Gasteiger partial charge in [-0.1, -0.05) is 0 Å². The van der Waals surface area contributed by atoms with Crippen molar-refractivity contribution in [2.45, 2.75) is 12.8 Å². The lowest BCUT2D eigenvalue weighted by Gasteiger charge is -2.01. The van der Waals surface area contributed by atoms with Crippen LogP contribution in [0.15, 0.2) is 29.3 Å². The molecule has 0 aliphatic rings. The van der Waals surface area contributed by atoms with Gasteiger partial charge < -0.3 is 32.0 Å². The minimum absolute atomic E-state index is 0.0285. The number of nitro groups is 3. The van der Waals surface area contributed by atoms with E-state index in [1.807, 2.05) is 0 Å². The summed E-state index contributed by atoms with van der Waals surface area (Å²) in [5, 5.41) is 51.2. The zero-order valence-electron chi connectivity index (χ0n) is 17.9. The Balaban J connectivity index is 0.000000369. The van der Waals surface area contributed by atoms with Crippen LogP contribution in [0.1, 0.15) is 33.8 Å². The Hall–Kier alpha value is -5.62. The van der Waals surface area contributed by atoms with E-state index in [0.717, 1.165) is 0 Å². The summed E-state index contributed by atoms with van der Waals surface area (Å²) >= 11 is 0. The maximum absolute atomic E-state index is 11.7. The van der Waals surface area contributed by atoms with Crippen LogP contribution in [-0.4, -0.2) is 60.3 Å². The highest BCUT2D eigenvalue weighted by Crippen LogP contribution is 2.38. The Morgan fingerprint density at radius 3 is 1.94 bits per heavy atom. The van der Waals surface area contributed by atoms with Crippen molar-refractivity contribution >= 4 is 40.8 Å². The number of aromatic amines is 1. The van der Waals surface area contributed by atoms with Gasteiger partial charge in [0.25, 0.3) is 23.3 Å². The van der Waals surface area contributed by atoms with E-state index in [0.29, 0.717) is 18.6 Å². The zero-order chi connectivity index (χ0) is 27.6. The lowest BCUT2D eigenvalue weighted by Crippen LogP contribution is -2.25. The molecule has 1 aromatic heterocycles. The topological polar surface area (TPSA) is 313 Å². The number of carboxylic acids is 1. The van der Waals surface area contributed by atoms with Crippen molar-refractivity contribution in [3.8, 4) is 5.75 Å². The largest absolute Gasteiger partial charge is 0.497 e. The quantitative estimate of drug-likeness (QED) is 0.0860. The van der Waals surface area contributed by atoms with Gasteiger partial charge in [0.05, 0.1) is 26.9 Å². The van der Waals surface area contributed by atoms with Crippen molar-refractivity contribution in [1.82, 2.24) is 10.3 Å². The third kappa shape index (κ3) is 8.38. The Kier molecular flexibility index (Phi) is 9.92. The van der Waals surface area contributed by atoms with E-state index in [2.05, 4.69) is 15.3 Å². The number of phenols is 1. The van der Waals surface area contributed by atoms with E-state index >= 15 is 0 Å². The highest BCUT2D eigenvalue weighted by Gasteiger charge is 2.30. The number of amides is 2. The number of hydrogen-bond donors (Lipinski definition) is 6. The molecule has 0 saturated heterocycles. The average molecular weight is 510 g/mol. The second-order valence-corrected chi connectivity index (χ2v) is 6.48. The van der Waals surface area contributed by atoms with Gasteiger partial charge >= 0.3 is 17.3 Å². The molecule has 0 spiro atoms. The number of carboxylic acid groups (broad SMARTS) is 1. The van der Waals surface area contributed by atoms with Crippen LogP contribution in [-0.2, 0) is 4.79 Å². The van der Waals surface area contributed by atoms with Gasteiger partial charge in [0, 0.05) is 13.0 Å². The summed E-state index contributed by atoms with van der Waals surface area (Å²) in [6.07, 6.45) is 0.292. The molecule has 2 aromatic rings. The van der Waals surface area contributed by atoms with Gasteiger partial charge in [-0.2, -0.15) is 4.99 Å². The molecule has 0 fully saturated rings. The molecule has 19 nitrogen and oxygen atoms in total. The molecule has 0 atom stereocenters. The fraction of sp³-hybridized carbons (Fsp3) is 0.176. The van der Waals surface area contributed by atoms with Crippen LogP contribution in [0, 0.1) is 30.3 Å². The van der Waals surface area contributed by atoms with Crippen LogP contribution in [0.3, 0.4) is 0 Å². The first-order chi connectivity index (χ1) is 16.7. The maximum Gasteiger partial charge on any atom is 0.324 e. The Bertz CT molecular complexity index is 1200. The Labute approximate surface area is 198 Å². The van der Waals surface area contributed by atoms with Crippen molar-refractivity contribution < 1.29 is 39.4 Å². The predicted molar refractivity (Wildman–Crippen MR) is 118 cm³/mol. The number of nitrogens with zero attached hydrogens (tertiary/aromatic N) is 4. The van der Waals surface area contributed by atoms with Crippen molar-refractivity contribution in [2.75, 3.05) is 6.54 Å². The third-order valence-electron chi connectivity index (χ3n) is 3.90. The molecule has 19 heteroatoms. The highest BCUT2D eigenvalue weighted by molar-refractivity contribution is 6.02. The SMILES string of the molecule is NC(N)=NC(=O)c1ccc(C(=O)NCCCC(=O)O)[nH]1.O=[N+]([O-])c1cc([N+](=O)[O-])c(O)c([N+](=O)[O-])c1. The monoisotopic (exact) mass is 510 g/mol. The number of nitrogens with one attached hydrogen (secondary N) is 2. The normalized spacial score (nSPS) is 9.78. The maximum atomic E-state index is 11.7. The number of nitrogens with two attached hydrogens (primary N) is 2. The fourth-order valence-corrected chi connectivity index (χ4v) is 2.34. The van der Waals surface area contributed by atoms with Gasteiger partial charge in [-0.25, -0.2) is 0 Å². The molecule has 2 rings (SSSR count). The third-order valence-corrected chi connectivity index (χ3v) is 3.90. The Morgan fingerprint density at radius 1 is 0.972 bits per heavy atom. The van der Waals surface area contributed by atoms with Crippen molar-refractivity contribution in [2.24, 2.45) is 16.5 Å². The summed E-state index contributed by atoms with van der Waals surface area (Å²) in [7, 11) is 0. The molecule has 1 aromatic carbocycles. The van der Waals surface area contributed by atoms with Crippen molar-refractivity contribution in [1.29, 1.82) is 0 Å². The van der Waals surface area contributed by atoms with E-state index < -0.39 is 55.4 Å². The molecule has 8 N–H and O–H groups in total. The first kappa shape index (κ1) is 28.4. The molecule has 0 bridgehead atoms. The first-order valence-corrected chi connectivity index (χ1v) is 9.37. The molecule has 0 aliphatic carbocycles. The summed E-state index contributed by atoms with van der Waals surface area (Å²) in [4.78, 5) is 67.1. The van der Waals surface area contributed by atoms with Crippen LogP contribution >= 0.6 is 0 Å². The number of aliphatic carboxylic acids is 1. The number of H-pyrrole nitrogens is 1. The smallest absolute Gasteiger partial charge is 0.324 e.